The molecule has 0 aromatic carbocycles. The van der Waals surface area contributed by atoms with Gasteiger partial charge in [-0.2, -0.15) is 0 Å². The van der Waals surface area contributed by atoms with Crippen molar-refractivity contribution < 1.29 is 4.79 Å². The Morgan fingerprint density at radius 2 is 0.957 bits per heavy atom. The molecule has 0 aliphatic heterocycles. The minimum atomic E-state index is 0.968. The van der Waals surface area contributed by atoms with Crippen LogP contribution >= 0.6 is 0 Å². The SMILES string of the molecule is CC=C(C=O)CCCCCCCCCCCCCCCCCC. The van der Waals surface area contributed by atoms with Gasteiger partial charge in [-0.1, -0.05) is 109 Å². The third-order valence-corrected chi connectivity index (χ3v) is 4.84. The fraction of sp³-hybridized carbons (Fsp3) is 0.864. The van der Waals surface area contributed by atoms with Gasteiger partial charge < -0.3 is 0 Å². The van der Waals surface area contributed by atoms with Crippen molar-refractivity contribution >= 4 is 6.29 Å². The van der Waals surface area contributed by atoms with Crippen molar-refractivity contribution in [1.82, 2.24) is 0 Å². The summed E-state index contributed by atoms with van der Waals surface area (Å²) in [4.78, 5) is 10.7. The van der Waals surface area contributed by atoms with E-state index in [1.165, 1.54) is 103 Å². The van der Waals surface area contributed by atoms with Gasteiger partial charge in [-0.15, -0.1) is 0 Å². The van der Waals surface area contributed by atoms with E-state index < -0.39 is 0 Å². The predicted octanol–water partition coefficient (Wildman–Crippen LogP) is 7.78. The monoisotopic (exact) mass is 322 g/mol. The lowest BCUT2D eigenvalue weighted by molar-refractivity contribution is -0.105. The number of allylic oxidation sites excluding steroid dienone is 2. The molecular weight excluding hydrogens is 280 g/mol. The molecule has 0 saturated heterocycles. The van der Waals surface area contributed by atoms with Gasteiger partial charge in [-0.25, -0.2) is 0 Å². The first-order chi connectivity index (χ1) is 11.3. The highest BCUT2D eigenvalue weighted by Gasteiger charge is 1.96. The molecule has 0 aromatic heterocycles. The summed E-state index contributed by atoms with van der Waals surface area (Å²) in [6.07, 6.45) is 26.3. The molecule has 0 atom stereocenters. The molecule has 1 heteroatoms. The van der Waals surface area contributed by atoms with Crippen LogP contribution in [0, 0.1) is 0 Å². The number of hydrogen-bond acceptors (Lipinski definition) is 1. The van der Waals surface area contributed by atoms with Crippen LogP contribution in [-0.4, -0.2) is 6.29 Å². The second-order valence-electron chi connectivity index (χ2n) is 7.03. The van der Waals surface area contributed by atoms with Crippen molar-refractivity contribution in [2.75, 3.05) is 0 Å². The summed E-state index contributed by atoms with van der Waals surface area (Å²) in [6.45, 7) is 4.24. The van der Waals surface area contributed by atoms with E-state index in [2.05, 4.69) is 6.92 Å². The minimum Gasteiger partial charge on any atom is -0.298 e. The summed E-state index contributed by atoms with van der Waals surface area (Å²) in [5.74, 6) is 0. The first kappa shape index (κ1) is 22.4. The molecular formula is C22H42O. The van der Waals surface area contributed by atoms with Crippen molar-refractivity contribution in [3.8, 4) is 0 Å². The molecule has 0 unspecified atom stereocenters. The summed E-state index contributed by atoms with van der Waals surface area (Å²) in [7, 11) is 0. The van der Waals surface area contributed by atoms with E-state index >= 15 is 0 Å². The average Bonchev–Trinajstić information content (AvgIpc) is 2.58. The summed E-state index contributed by atoms with van der Waals surface area (Å²) in [5, 5.41) is 0. The summed E-state index contributed by atoms with van der Waals surface area (Å²) < 4.78 is 0. The summed E-state index contributed by atoms with van der Waals surface area (Å²) in [5.41, 5.74) is 0.968. The normalized spacial score (nSPS) is 11.8. The fourth-order valence-electron chi connectivity index (χ4n) is 3.15. The van der Waals surface area contributed by atoms with E-state index in [9.17, 15) is 4.79 Å². The van der Waals surface area contributed by atoms with E-state index in [1.54, 1.807) is 0 Å². The van der Waals surface area contributed by atoms with Crippen LogP contribution in [0.15, 0.2) is 11.6 Å². The number of carbonyl (C=O) groups is 1. The van der Waals surface area contributed by atoms with Crippen LogP contribution in [0.2, 0.25) is 0 Å². The Bertz CT molecular complexity index is 267. The maximum absolute atomic E-state index is 10.7. The lowest BCUT2D eigenvalue weighted by atomic mass is 10.0. The zero-order chi connectivity index (χ0) is 17.0. The first-order valence-corrected chi connectivity index (χ1v) is 10.5. The summed E-state index contributed by atoms with van der Waals surface area (Å²) in [6, 6.07) is 0. The van der Waals surface area contributed by atoms with Crippen LogP contribution in [0.4, 0.5) is 0 Å². The third-order valence-electron chi connectivity index (χ3n) is 4.84. The molecule has 23 heavy (non-hydrogen) atoms. The second-order valence-corrected chi connectivity index (χ2v) is 7.03. The van der Waals surface area contributed by atoms with Crippen LogP contribution in [0.1, 0.15) is 123 Å². The van der Waals surface area contributed by atoms with Gasteiger partial charge in [0.25, 0.3) is 0 Å². The molecule has 0 rings (SSSR count). The Hall–Kier alpha value is -0.590. The van der Waals surface area contributed by atoms with Gasteiger partial charge in [0.15, 0.2) is 0 Å². The molecule has 0 aliphatic carbocycles. The molecule has 0 radical (unpaired) electrons. The highest BCUT2D eigenvalue weighted by Crippen LogP contribution is 2.14. The maximum atomic E-state index is 10.7. The van der Waals surface area contributed by atoms with Crippen LogP contribution in [0.3, 0.4) is 0 Å². The topological polar surface area (TPSA) is 17.1 Å². The average molecular weight is 323 g/mol. The Balaban J connectivity index is 3.06. The molecule has 0 saturated carbocycles. The number of unbranched alkanes of at least 4 members (excludes halogenated alkanes) is 15. The van der Waals surface area contributed by atoms with Crippen LogP contribution in [0.5, 0.6) is 0 Å². The largest absolute Gasteiger partial charge is 0.298 e. The van der Waals surface area contributed by atoms with Crippen LogP contribution in [0.25, 0.3) is 0 Å². The zero-order valence-electron chi connectivity index (χ0n) is 16.1. The quantitative estimate of drug-likeness (QED) is 0.143. The number of hydrogen-bond donors (Lipinski definition) is 0. The van der Waals surface area contributed by atoms with Crippen LogP contribution in [-0.2, 0) is 4.79 Å². The Kier molecular flexibility index (Phi) is 19.0. The molecule has 0 N–H and O–H groups in total. The highest BCUT2D eigenvalue weighted by molar-refractivity contribution is 5.72. The molecule has 1 nitrogen and oxygen atoms in total. The van der Waals surface area contributed by atoms with Gasteiger partial charge in [0.2, 0.25) is 0 Å². The molecule has 0 fully saturated rings. The number of aldehydes is 1. The Morgan fingerprint density at radius 1 is 0.609 bits per heavy atom. The molecule has 0 bridgehead atoms. The van der Waals surface area contributed by atoms with E-state index in [0.717, 1.165) is 18.3 Å². The van der Waals surface area contributed by atoms with E-state index in [-0.39, 0.29) is 0 Å². The van der Waals surface area contributed by atoms with Crippen molar-refractivity contribution in [3.05, 3.63) is 11.6 Å². The van der Waals surface area contributed by atoms with E-state index in [1.807, 2.05) is 13.0 Å². The number of carbonyl (C=O) groups excluding carboxylic acids is 1. The molecule has 0 amide bonds. The van der Waals surface area contributed by atoms with Crippen LogP contribution < -0.4 is 0 Å². The Labute approximate surface area is 146 Å². The second kappa shape index (κ2) is 19.5. The molecule has 0 aliphatic rings. The smallest absolute Gasteiger partial charge is 0.145 e. The van der Waals surface area contributed by atoms with Gasteiger partial charge in [-0.3, -0.25) is 4.79 Å². The van der Waals surface area contributed by atoms with Crippen molar-refractivity contribution in [2.24, 2.45) is 0 Å². The van der Waals surface area contributed by atoms with Gasteiger partial charge in [0.05, 0.1) is 0 Å². The molecule has 0 heterocycles. The van der Waals surface area contributed by atoms with Gasteiger partial charge >= 0.3 is 0 Å². The lowest BCUT2D eigenvalue weighted by Gasteiger charge is -2.03. The number of rotatable bonds is 18. The van der Waals surface area contributed by atoms with Gasteiger partial charge in [0.1, 0.15) is 6.29 Å². The molecule has 136 valence electrons. The summed E-state index contributed by atoms with van der Waals surface area (Å²) >= 11 is 0. The standard InChI is InChI=1S/C22H42O/c1-3-5-6-7-8-9-10-11-12-13-14-15-16-17-18-19-20-22(4-2)21-23/h4,21H,3,5-20H2,1-2H3. The fourth-order valence-corrected chi connectivity index (χ4v) is 3.15. The van der Waals surface area contributed by atoms with Crippen molar-refractivity contribution in [2.45, 2.75) is 123 Å². The minimum absolute atomic E-state index is 0.968. The zero-order valence-corrected chi connectivity index (χ0v) is 16.1. The Morgan fingerprint density at radius 3 is 1.26 bits per heavy atom. The third kappa shape index (κ3) is 17.6. The predicted molar refractivity (Wildman–Crippen MR) is 104 cm³/mol. The highest BCUT2D eigenvalue weighted by atomic mass is 16.1. The van der Waals surface area contributed by atoms with E-state index in [4.69, 9.17) is 0 Å². The maximum Gasteiger partial charge on any atom is 0.145 e. The lowest BCUT2D eigenvalue weighted by Crippen LogP contribution is -1.86. The molecule has 0 spiro atoms. The first-order valence-electron chi connectivity index (χ1n) is 10.5. The van der Waals surface area contributed by atoms with Gasteiger partial charge in [0, 0.05) is 0 Å². The van der Waals surface area contributed by atoms with Crippen molar-refractivity contribution in [1.29, 1.82) is 0 Å². The van der Waals surface area contributed by atoms with Gasteiger partial charge in [-0.05, 0) is 25.3 Å². The van der Waals surface area contributed by atoms with E-state index in [0.29, 0.717) is 0 Å². The molecule has 0 aromatic rings. The van der Waals surface area contributed by atoms with Crippen molar-refractivity contribution in [3.63, 3.8) is 0 Å².